The topological polar surface area (TPSA) is 49.4 Å². The fraction of sp³-hybridized carbons (Fsp3) is 0.833. The molecule has 16 heavy (non-hydrogen) atoms. The molecule has 2 rings (SSSR count). The van der Waals surface area contributed by atoms with Crippen LogP contribution in [0.1, 0.15) is 47.0 Å². The van der Waals surface area contributed by atoms with Gasteiger partial charge in [-0.05, 0) is 47.0 Å². The summed E-state index contributed by atoms with van der Waals surface area (Å²) in [5, 5.41) is 2.94. The highest BCUT2D eigenvalue weighted by molar-refractivity contribution is 6.01. The summed E-state index contributed by atoms with van der Waals surface area (Å²) in [7, 11) is 0. The van der Waals surface area contributed by atoms with Crippen molar-refractivity contribution < 1.29 is 9.59 Å². The van der Waals surface area contributed by atoms with E-state index in [2.05, 4.69) is 5.32 Å². The molecule has 2 fully saturated rings. The molecule has 0 unspecified atom stereocenters. The predicted octanol–water partition coefficient (Wildman–Crippen LogP) is 1.90. The van der Waals surface area contributed by atoms with E-state index in [9.17, 15) is 9.59 Å². The Bertz CT molecular complexity index is 343. The molecule has 4 heteroatoms. The molecule has 0 aromatic carbocycles. The number of urea groups is 1. The van der Waals surface area contributed by atoms with Crippen molar-refractivity contribution in [1.82, 2.24) is 10.2 Å². The minimum absolute atomic E-state index is 0.0362. The Kier molecular flexibility index (Phi) is 2.30. The van der Waals surface area contributed by atoms with Gasteiger partial charge in [0.25, 0.3) is 0 Å². The van der Waals surface area contributed by atoms with Crippen LogP contribution in [0, 0.1) is 5.41 Å². The molecular formula is C12H20N2O2. The van der Waals surface area contributed by atoms with Gasteiger partial charge in [-0.1, -0.05) is 0 Å². The van der Waals surface area contributed by atoms with Crippen LogP contribution in [0.25, 0.3) is 0 Å². The molecule has 3 amide bonds. The Labute approximate surface area is 96.4 Å². The SMILES string of the molecule is CC1(C)NC(=O)N(C2CCC2)C(=O)C1(C)C. The van der Waals surface area contributed by atoms with Gasteiger partial charge in [-0.2, -0.15) is 0 Å². The van der Waals surface area contributed by atoms with Gasteiger partial charge >= 0.3 is 6.03 Å². The number of carbonyl (C=O) groups excluding carboxylic acids is 2. The van der Waals surface area contributed by atoms with Crippen LogP contribution in [0.3, 0.4) is 0 Å². The van der Waals surface area contributed by atoms with Crippen LogP contribution in [0.5, 0.6) is 0 Å². The van der Waals surface area contributed by atoms with E-state index in [1.807, 2.05) is 27.7 Å². The largest absolute Gasteiger partial charge is 0.332 e. The van der Waals surface area contributed by atoms with E-state index in [0.717, 1.165) is 19.3 Å². The number of rotatable bonds is 1. The van der Waals surface area contributed by atoms with Crippen molar-refractivity contribution in [2.75, 3.05) is 0 Å². The van der Waals surface area contributed by atoms with Gasteiger partial charge in [-0.25, -0.2) is 4.79 Å². The van der Waals surface area contributed by atoms with Gasteiger partial charge < -0.3 is 5.32 Å². The van der Waals surface area contributed by atoms with Crippen LogP contribution in [-0.4, -0.2) is 28.4 Å². The lowest BCUT2D eigenvalue weighted by atomic mass is 9.71. The quantitative estimate of drug-likeness (QED) is 0.739. The van der Waals surface area contributed by atoms with Gasteiger partial charge in [0.2, 0.25) is 5.91 Å². The van der Waals surface area contributed by atoms with Gasteiger partial charge in [0.15, 0.2) is 0 Å². The number of nitrogens with zero attached hydrogens (tertiary/aromatic N) is 1. The van der Waals surface area contributed by atoms with E-state index in [-0.39, 0.29) is 18.0 Å². The molecule has 1 aliphatic heterocycles. The van der Waals surface area contributed by atoms with E-state index < -0.39 is 11.0 Å². The number of amides is 3. The molecular weight excluding hydrogens is 204 g/mol. The molecule has 0 aromatic heterocycles. The zero-order chi connectivity index (χ0) is 12.1. The first kappa shape index (κ1) is 11.4. The van der Waals surface area contributed by atoms with Gasteiger partial charge in [0, 0.05) is 6.04 Å². The molecule has 0 atom stereocenters. The summed E-state index contributed by atoms with van der Waals surface area (Å²) in [5.74, 6) is -0.0362. The van der Waals surface area contributed by atoms with Crippen LogP contribution >= 0.6 is 0 Å². The third-order valence-corrected chi connectivity index (χ3v) is 4.39. The van der Waals surface area contributed by atoms with Crippen LogP contribution < -0.4 is 5.32 Å². The van der Waals surface area contributed by atoms with Gasteiger partial charge in [0.05, 0.1) is 11.0 Å². The maximum atomic E-state index is 12.4. The summed E-state index contributed by atoms with van der Waals surface area (Å²) in [6, 6.07) is -0.0955. The second-order valence-corrected chi connectivity index (χ2v) is 5.94. The number of carbonyl (C=O) groups is 2. The molecule has 0 spiro atoms. The lowest BCUT2D eigenvalue weighted by Gasteiger charge is -2.51. The normalized spacial score (nSPS) is 28.6. The summed E-state index contributed by atoms with van der Waals surface area (Å²) in [6.45, 7) is 7.61. The van der Waals surface area contributed by atoms with E-state index in [1.165, 1.54) is 4.90 Å². The zero-order valence-electron chi connectivity index (χ0n) is 10.5. The molecule has 4 nitrogen and oxygen atoms in total. The molecule has 0 radical (unpaired) electrons. The lowest BCUT2D eigenvalue weighted by Crippen LogP contribution is -2.71. The second kappa shape index (κ2) is 3.22. The second-order valence-electron chi connectivity index (χ2n) is 5.94. The average Bonchev–Trinajstić information content (AvgIpc) is 2.06. The summed E-state index contributed by atoms with van der Waals surface area (Å²) in [5.41, 5.74) is -1.03. The summed E-state index contributed by atoms with van der Waals surface area (Å²) in [4.78, 5) is 25.7. The Balaban J connectivity index is 2.30. The predicted molar refractivity (Wildman–Crippen MR) is 60.9 cm³/mol. The number of hydrogen-bond donors (Lipinski definition) is 1. The molecule has 2 aliphatic rings. The van der Waals surface area contributed by atoms with E-state index in [0.29, 0.717) is 0 Å². The smallest absolute Gasteiger partial charge is 0.324 e. The third-order valence-electron chi connectivity index (χ3n) is 4.39. The number of nitrogens with one attached hydrogen (secondary N) is 1. The van der Waals surface area contributed by atoms with E-state index in [4.69, 9.17) is 0 Å². The Morgan fingerprint density at radius 2 is 1.75 bits per heavy atom. The number of imide groups is 1. The van der Waals surface area contributed by atoms with Crippen molar-refractivity contribution >= 4 is 11.9 Å². The van der Waals surface area contributed by atoms with Crippen LogP contribution in [0.15, 0.2) is 0 Å². The molecule has 1 aliphatic carbocycles. The van der Waals surface area contributed by atoms with Gasteiger partial charge in [-0.3, -0.25) is 9.69 Å². The minimum Gasteiger partial charge on any atom is -0.332 e. The number of hydrogen-bond acceptors (Lipinski definition) is 2. The highest BCUT2D eigenvalue weighted by Gasteiger charge is 2.54. The lowest BCUT2D eigenvalue weighted by molar-refractivity contribution is -0.147. The van der Waals surface area contributed by atoms with Crippen molar-refractivity contribution in [2.24, 2.45) is 5.41 Å². The maximum Gasteiger partial charge on any atom is 0.324 e. The molecule has 0 bridgehead atoms. The van der Waals surface area contributed by atoms with E-state index in [1.54, 1.807) is 0 Å². The van der Waals surface area contributed by atoms with Crippen molar-refractivity contribution in [3.05, 3.63) is 0 Å². The fourth-order valence-corrected chi connectivity index (χ4v) is 2.12. The van der Waals surface area contributed by atoms with Gasteiger partial charge in [-0.15, -0.1) is 0 Å². The molecule has 1 saturated heterocycles. The Morgan fingerprint density at radius 3 is 2.19 bits per heavy atom. The molecule has 1 saturated carbocycles. The summed E-state index contributed by atoms with van der Waals surface area (Å²) < 4.78 is 0. The first-order valence-electron chi connectivity index (χ1n) is 5.93. The standard InChI is InChI=1S/C12H20N2O2/c1-11(2)9(15)14(8-6-5-7-8)10(16)13-12(11,3)4/h8H,5-7H2,1-4H3,(H,13,16). The highest BCUT2D eigenvalue weighted by Crippen LogP contribution is 2.39. The van der Waals surface area contributed by atoms with E-state index >= 15 is 0 Å². The minimum atomic E-state index is -0.545. The third kappa shape index (κ3) is 1.35. The van der Waals surface area contributed by atoms with Crippen molar-refractivity contribution in [3.8, 4) is 0 Å². The fourth-order valence-electron chi connectivity index (χ4n) is 2.12. The molecule has 1 heterocycles. The molecule has 0 aromatic rings. The Hall–Kier alpha value is -1.06. The highest BCUT2D eigenvalue weighted by atomic mass is 16.2. The first-order chi connectivity index (χ1) is 7.27. The Morgan fingerprint density at radius 1 is 1.19 bits per heavy atom. The van der Waals surface area contributed by atoms with Gasteiger partial charge in [0.1, 0.15) is 0 Å². The summed E-state index contributed by atoms with van der Waals surface area (Å²) in [6.07, 6.45) is 3.02. The zero-order valence-corrected chi connectivity index (χ0v) is 10.5. The summed E-state index contributed by atoms with van der Waals surface area (Å²) >= 11 is 0. The first-order valence-corrected chi connectivity index (χ1v) is 5.93. The van der Waals surface area contributed by atoms with Crippen molar-refractivity contribution in [3.63, 3.8) is 0 Å². The van der Waals surface area contributed by atoms with Crippen LogP contribution in [-0.2, 0) is 4.79 Å². The van der Waals surface area contributed by atoms with Crippen LogP contribution in [0.4, 0.5) is 4.79 Å². The average molecular weight is 224 g/mol. The van der Waals surface area contributed by atoms with Crippen molar-refractivity contribution in [2.45, 2.75) is 58.5 Å². The van der Waals surface area contributed by atoms with Crippen LogP contribution in [0.2, 0.25) is 0 Å². The molecule has 1 N–H and O–H groups in total. The van der Waals surface area contributed by atoms with Crippen molar-refractivity contribution in [1.29, 1.82) is 0 Å². The maximum absolute atomic E-state index is 12.4. The monoisotopic (exact) mass is 224 g/mol. The molecule has 90 valence electrons.